The van der Waals surface area contributed by atoms with Gasteiger partial charge in [0.2, 0.25) is 0 Å². The second kappa shape index (κ2) is 5.02. The topological polar surface area (TPSA) is 51.8 Å². The summed E-state index contributed by atoms with van der Waals surface area (Å²) in [6.07, 6.45) is 3.70. The molecule has 20 heavy (non-hydrogen) atoms. The van der Waals surface area contributed by atoms with Gasteiger partial charge in [0.25, 0.3) is 0 Å². The van der Waals surface area contributed by atoms with E-state index in [9.17, 15) is 0 Å². The number of fused-ring (bicyclic) bond motifs is 1. The summed E-state index contributed by atoms with van der Waals surface area (Å²) < 4.78 is 0. The summed E-state index contributed by atoms with van der Waals surface area (Å²) in [5.74, 6) is 6.36. The van der Waals surface area contributed by atoms with Crippen LogP contribution < -0.4 is 5.73 Å². The molecule has 0 atom stereocenters. The molecule has 0 aliphatic rings. The molecule has 0 aliphatic carbocycles. The minimum absolute atomic E-state index is 0.472. The number of hydrogen-bond acceptors (Lipinski definition) is 3. The van der Waals surface area contributed by atoms with E-state index in [0.29, 0.717) is 11.5 Å². The first kappa shape index (κ1) is 12.2. The van der Waals surface area contributed by atoms with Gasteiger partial charge in [0.05, 0.1) is 0 Å². The van der Waals surface area contributed by atoms with Gasteiger partial charge >= 0.3 is 0 Å². The summed E-state index contributed by atoms with van der Waals surface area (Å²) in [6.45, 7) is 1.79. The smallest absolute Gasteiger partial charge is 0.124 e. The molecular weight excluding hydrogens is 246 g/mol. The molecule has 2 aromatic heterocycles. The summed E-state index contributed by atoms with van der Waals surface area (Å²) in [7, 11) is 0. The molecule has 3 heteroatoms. The van der Waals surface area contributed by atoms with Crippen LogP contribution in [0, 0.1) is 11.8 Å². The van der Waals surface area contributed by atoms with Crippen LogP contribution in [0.2, 0.25) is 0 Å². The largest absolute Gasteiger partial charge is 0.384 e. The fourth-order valence-electron chi connectivity index (χ4n) is 2.24. The van der Waals surface area contributed by atoms with E-state index in [1.54, 1.807) is 13.0 Å². The van der Waals surface area contributed by atoms with E-state index >= 15 is 0 Å². The van der Waals surface area contributed by atoms with Gasteiger partial charge in [0, 0.05) is 28.9 Å². The van der Waals surface area contributed by atoms with Gasteiger partial charge in [0.1, 0.15) is 11.5 Å². The highest BCUT2D eigenvalue weighted by Gasteiger charge is 2.09. The van der Waals surface area contributed by atoms with Crippen LogP contribution in [0.3, 0.4) is 0 Å². The number of aromatic nitrogens is 2. The monoisotopic (exact) mass is 259 g/mol. The maximum atomic E-state index is 5.75. The second-order valence-corrected chi connectivity index (χ2v) is 4.42. The summed E-state index contributed by atoms with van der Waals surface area (Å²) in [4.78, 5) is 8.63. The molecule has 3 nitrogen and oxygen atoms in total. The highest BCUT2D eigenvalue weighted by atomic mass is 14.8. The second-order valence-electron chi connectivity index (χ2n) is 4.42. The Morgan fingerprint density at radius 3 is 2.70 bits per heavy atom. The lowest BCUT2D eigenvalue weighted by Crippen LogP contribution is -1.96. The van der Waals surface area contributed by atoms with Gasteiger partial charge < -0.3 is 5.73 Å². The van der Waals surface area contributed by atoms with Crippen LogP contribution in [0.5, 0.6) is 0 Å². The highest BCUT2D eigenvalue weighted by Crippen LogP contribution is 2.29. The van der Waals surface area contributed by atoms with Crippen molar-refractivity contribution < 1.29 is 0 Å². The van der Waals surface area contributed by atoms with E-state index in [1.807, 2.05) is 36.7 Å². The Bertz CT molecular complexity index is 836. The van der Waals surface area contributed by atoms with E-state index in [2.05, 4.69) is 27.9 Å². The number of benzene rings is 1. The Morgan fingerprint density at radius 1 is 1.00 bits per heavy atom. The van der Waals surface area contributed by atoms with Gasteiger partial charge in [-0.2, -0.15) is 0 Å². The SMILES string of the molecule is CC#Cc1nc(N)ccc1-c1cncc2ccccc12. The zero-order valence-electron chi connectivity index (χ0n) is 11.1. The Balaban J connectivity index is 2.33. The maximum Gasteiger partial charge on any atom is 0.124 e. The molecule has 2 N–H and O–H groups in total. The molecular formula is C17H13N3. The van der Waals surface area contributed by atoms with Crippen LogP contribution in [-0.2, 0) is 0 Å². The van der Waals surface area contributed by atoms with Crippen molar-refractivity contribution in [2.75, 3.05) is 5.73 Å². The summed E-state index contributed by atoms with van der Waals surface area (Å²) >= 11 is 0. The van der Waals surface area contributed by atoms with Gasteiger partial charge in [-0.15, -0.1) is 0 Å². The van der Waals surface area contributed by atoms with Gasteiger partial charge in [-0.1, -0.05) is 30.2 Å². The zero-order valence-corrected chi connectivity index (χ0v) is 11.1. The number of hydrogen-bond donors (Lipinski definition) is 1. The fourth-order valence-corrected chi connectivity index (χ4v) is 2.24. The Labute approximate surface area is 117 Å². The van der Waals surface area contributed by atoms with Crippen molar-refractivity contribution in [3.05, 3.63) is 54.5 Å². The molecule has 96 valence electrons. The van der Waals surface area contributed by atoms with E-state index in [1.165, 1.54) is 0 Å². The molecule has 0 fully saturated rings. The van der Waals surface area contributed by atoms with E-state index in [-0.39, 0.29) is 0 Å². The summed E-state index contributed by atoms with van der Waals surface area (Å²) in [6, 6.07) is 11.9. The van der Waals surface area contributed by atoms with E-state index in [0.717, 1.165) is 21.9 Å². The number of anilines is 1. The number of rotatable bonds is 1. The third-order valence-corrected chi connectivity index (χ3v) is 3.12. The summed E-state index contributed by atoms with van der Waals surface area (Å²) in [5, 5.41) is 2.23. The third kappa shape index (κ3) is 2.08. The van der Waals surface area contributed by atoms with Crippen LogP contribution in [0.15, 0.2) is 48.8 Å². The van der Waals surface area contributed by atoms with Gasteiger partial charge in [-0.05, 0) is 30.4 Å². The van der Waals surface area contributed by atoms with Crippen molar-refractivity contribution in [2.24, 2.45) is 0 Å². The van der Waals surface area contributed by atoms with Gasteiger partial charge in [-0.3, -0.25) is 4.98 Å². The van der Waals surface area contributed by atoms with Gasteiger partial charge in [0.15, 0.2) is 0 Å². The predicted molar refractivity (Wildman–Crippen MR) is 81.9 cm³/mol. The lowest BCUT2D eigenvalue weighted by atomic mass is 10.00. The molecule has 0 unspecified atom stereocenters. The molecule has 0 aliphatic heterocycles. The Morgan fingerprint density at radius 2 is 1.85 bits per heavy atom. The van der Waals surface area contributed by atoms with Crippen molar-refractivity contribution in [1.29, 1.82) is 0 Å². The minimum atomic E-state index is 0.472. The first-order valence-corrected chi connectivity index (χ1v) is 6.32. The first-order chi connectivity index (χ1) is 9.79. The molecule has 0 saturated carbocycles. The minimum Gasteiger partial charge on any atom is -0.384 e. The molecule has 0 amide bonds. The van der Waals surface area contributed by atoms with Crippen molar-refractivity contribution in [1.82, 2.24) is 9.97 Å². The fraction of sp³-hybridized carbons (Fsp3) is 0.0588. The van der Waals surface area contributed by atoms with Crippen LogP contribution in [0.1, 0.15) is 12.6 Å². The molecule has 2 heterocycles. The molecule has 3 rings (SSSR count). The molecule has 3 aromatic rings. The first-order valence-electron chi connectivity index (χ1n) is 6.32. The highest BCUT2D eigenvalue weighted by molar-refractivity contribution is 5.96. The lowest BCUT2D eigenvalue weighted by molar-refractivity contribution is 1.29. The Hall–Kier alpha value is -2.86. The number of nitrogen functional groups attached to an aromatic ring is 1. The molecule has 0 spiro atoms. The average Bonchev–Trinajstić information content (AvgIpc) is 2.47. The maximum absolute atomic E-state index is 5.75. The average molecular weight is 259 g/mol. The standard InChI is InChI=1S/C17H13N3/c1-2-5-16-14(8-9-17(18)20-16)15-11-19-10-12-6-3-4-7-13(12)15/h3-4,6-11H,1H3,(H2,18,20). The van der Waals surface area contributed by atoms with Crippen molar-refractivity contribution in [3.8, 4) is 23.0 Å². The number of nitrogens with zero attached hydrogens (tertiary/aromatic N) is 2. The quantitative estimate of drug-likeness (QED) is 0.682. The van der Waals surface area contributed by atoms with Crippen molar-refractivity contribution in [3.63, 3.8) is 0 Å². The summed E-state index contributed by atoms with van der Waals surface area (Å²) in [5.41, 5.74) is 8.42. The molecule has 0 bridgehead atoms. The predicted octanol–water partition coefficient (Wildman–Crippen LogP) is 3.25. The van der Waals surface area contributed by atoms with Crippen LogP contribution in [0.4, 0.5) is 5.82 Å². The molecule has 0 radical (unpaired) electrons. The van der Waals surface area contributed by atoms with E-state index in [4.69, 9.17) is 5.73 Å². The zero-order chi connectivity index (χ0) is 13.9. The van der Waals surface area contributed by atoms with Crippen LogP contribution >= 0.6 is 0 Å². The van der Waals surface area contributed by atoms with Crippen LogP contribution in [0.25, 0.3) is 21.9 Å². The molecule has 0 saturated heterocycles. The number of nitrogens with two attached hydrogens (primary N) is 1. The van der Waals surface area contributed by atoms with E-state index < -0.39 is 0 Å². The molecule has 1 aromatic carbocycles. The number of pyridine rings is 2. The Kier molecular flexibility index (Phi) is 3.06. The van der Waals surface area contributed by atoms with Crippen molar-refractivity contribution in [2.45, 2.75) is 6.92 Å². The van der Waals surface area contributed by atoms with Crippen LogP contribution in [-0.4, -0.2) is 9.97 Å². The third-order valence-electron chi connectivity index (χ3n) is 3.12. The normalized spacial score (nSPS) is 10.1. The van der Waals surface area contributed by atoms with Gasteiger partial charge in [-0.25, -0.2) is 4.98 Å². The van der Waals surface area contributed by atoms with Crippen molar-refractivity contribution >= 4 is 16.6 Å². The lowest BCUT2D eigenvalue weighted by Gasteiger charge is -2.08.